The van der Waals surface area contributed by atoms with Crippen molar-refractivity contribution in [3.63, 3.8) is 0 Å². The molecule has 2 atom stereocenters. The van der Waals surface area contributed by atoms with Crippen LogP contribution in [0, 0.1) is 5.92 Å². The van der Waals surface area contributed by atoms with Crippen LogP contribution in [0.15, 0.2) is 48.5 Å². The molecule has 0 spiro atoms. The maximum absolute atomic E-state index is 13.1. The molecule has 2 N–H and O–H groups in total. The van der Waals surface area contributed by atoms with Gasteiger partial charge in [-0.25, -0.2) is 9.59 Å². The van der Waals surface area contributed by atoms with E-state index in [9.17, 15) is 19.5 Å². The molecule has 7 heteroatoms. The summed E-state index contributed by atoms with van der Waals surface area (Å²) in [4.78, 5) is 38.7. The fourth-order valence-electron chi connectivity index (χ4n) is 4.96. The van der Waals surface area contributed by atoms with Crippen LogP contribution in [0.5, 0.6) is 0 Å². The lowest BCUT2D eigenvalue weighted by Crippen LogP contribution is -2.52. The molecule has 1 aliphatic heterocycles. The van der Waals surface area contributed by atoms with Gasteiger partial charge in [-0.15, -0.1) is 0 Å². The van der Waals surface area contributed by atoms with Gasteiger partial charge in [-0.3, -0.25) is 4.79 Å². The largest absolute Gasteiger partial charge is 0.480 e. The van der Waals surface area contributed by atoms with Crippen molar-refractivity contribution in [1.29, 1.82) is 0 Å². The highest BCUT2D eigenvalue weighted by Crippen LogP contribution is 2.44. The number of fused-ring (bicyclic) bond motifs is 3. The summed E-state index contributed by atoms with van der Waals surface area (Å²) in [5.74, 6) is -1.30. The van der Waals surface area contributed by atoms with Gasteiger partial charge < -0.3 is 20.1 Å². The Balaban J connectivity index is 1.44. The van der Waals surface area contributed by atoms with E-state index in [4.69, 9.17) is 4.74 Å². The highest BCUT2D eigenvalue weighted by Gasteiger charge is 2.38. The molecular formula is C26H30N2O5. The monoisotopic (exact) mass is 450 g/mol. The molecule has 0 saturated carbocycles. The van der Waals surface area contributed by atoms with Crippen molar-refractivity contribution in [2.24, 2.45) is 5.92 Å². The van der Waals surface area contributed by atoms with Crippen molar-refractivity contribution in [2.45, 2.75) is 51.1 Å². The first-order valence-corrected chi connectivity index (χ1v) is 11.5. The average molecular weight is 451 g/mol. The third-order valence-corrected chi connectivity index (χ3v) is 6.46. The molecule has 1 fully saturated rings. The Morgan fingerprint density at radius 2 is 1.67 bits per heavy atom. The number of nitrogens with one attached hydrogen (secondary N) is 1. The molecule has 2 amide bonds. The molecule has 0 radical (unpaired) electrons. The molecular weight excluding hydrogens is 420 g/mol. The molecule has 0 aromatic heterocycles. The summed E-state index contributed by atoms with van der Waals surface area (Å²) in [6, 6.07) is 14.5. The molecule has 1 heterocycles. The van der Waals surface area contributed by atoms with Gasteiger partial charge in [0.1, 0.15) is 18.7 Å². The summed E-state index contributed by atoms with van der Waals surface area (Å²) < 4.78 is 5.60. The molecule has 2 aliphatic rings. The normalized spacial score (nSPS) is 18.0. The molecule has 0 bridgehead atoms. The number of nitrogens with zero attached hydrogens (tertiary/aromatic N) is 1. The average Bonchev–Trinajstić information content (AvgIpc) is 3.40. The molecule has 0 unspecified atom stereocenters. The fraction of sp³-hybridized carbons (Fsp3) is 0.423. The molecule has 2 aromatic rings. The van der Waals surface area contributed by atoms with Crippen LogP contribution in [0.3, 0.4) is 0 Å². The number of rotatable bonds is 7. The SMILES string of the molecule is CC(C)C[C@@H](NC(=O)OCC1c2ccccc2-c2ccccc21)C(=O)N1CCC[C@H]1C(=O)O. The zero-order valence-electron chi connectivity index (χ0n) is 19.0. The van der Waals surface area contributed by atoms with Crippen molar-refractivity contribution in [2.75, 3.05) is 13.2 Å². The lowest BCUT2D eigenvalue weighted by atomic mass is 9.98. The van der Waals surface area contributed by atoms with E-state index in [1.165, 1.54) is 4.90 Å². The van der Waals surface area contributed by atoms with Crippen LogP contribution in [0.4, 0.5) is 4.79 Å². The van der Waals surface area contributed by atoms with E-state index in [1.54, 1.807) is 0 Å². The van der Waals surface area contributed by atoms with E-state index >= 15 is 0 Å². The van der Waals surface area contributed by atoms with Gasteiger partial charge in [0.15, 0.2) is 0 Å². The minimum absolute atomic E-state index is 0.0719. The van der Waals surface area contributed by atoms with E-state index in [0.29, 0.717) is 25.8 Å². The number of alkyl carbamates (subject to hydrolysis) is 1. The number of carbonyl (C=O) groups excluding carboxylic acids is 2. The summed E-state index contributed by atoms with van der Waals surface area (Å²) in [5.41, 5.74) is 4.51. The molecule has 2 aromatic carbocycles. The van der Waals surface area contributed by atoms with Crippen molar-refractivity contribution >= 4 is 18.0 Å². The van der Waals surface area contributed by atoms with Crippen molar-refractivity contribution < 1.29 is 24.2 Å². The van der Waals surface area contributed by atoms with Crippen LogP contribution in [0.1, 0.15) is 50.2 Å². The second kappa shape index (κ2) is 9.65. The first-order valence-electron chi connectivity index (χ1n) is 11.5. The summed E-state index contributed by atoms with van der Waals surface area (Å²) in [6.45, 7) is 4.46. The molecule has 174 valence electrons. The van der Waals surface area contributed by atoms with Gasteiger partial charge in [0.2, 0.25) is 5.91 Å². The molecule has 1 saturated heterocycles. The standard InChI is InChI=1S/C26H30N2O5/c1-16(2)14-22(24(29)28-13-7-12-23(28)25(30)31)27-26(32)33-15-21-19-10-5-3-8-17(19)18-9-4-6-11-20(18)21/h3-6,8-11,16,21-23H,7,12-15H2,1-2H3,(H,27,32)(H,30,31)/t22-,23+/m1/s1. The van der Waals surface area contributed by atoms with Gasteiger partial charge in [0.25, 0.3) is 0 Å². The molecule has 33 heavy (non-hydrogen) atoms. The molecule has 1 aliphatic carbocycles. The summed E-state index contributed by atoms with van der Waals surface area (Å²) in [5, 5.41) is 12.1. The maximum atomic E-state index is 13.1. The Morgan fingerprint density at radius 1 is 1.06 bits per heavy atom. The smallest absolute Gasteiger partial charge is 0.407 e. The van der Waals surface area contributed by atoms with Crippen LogP contribution in [0.2, 0.25) is 0 Å². The zero-order chi connectivity index (χ0) is 23.5. The minimum Gasteiger partial charge on any atom is -0.480 e. The number of amides is 2. The Hall–Kier alpha value is -3.35. The predicted octanol–water partition coefficient (Wildman–Crippen LogP) is 4.02. The maximum Gasteiger partial charge on any atom is 0.407 e. The first-order chi connectivity index (χ1) is 15.9. The Bertz CT molecular complexity index is 1000. The van der Waals surface area contributed by atoms with E-state index in [2.05, 4.69) is 17.4 Å². The number of carbonyl (C=O) groups is 3. The lowest BCUT2D eigenvalue weighted by molar-refractivity contribution is -0.149. The highest BCUT2D eigenvalue weighted by atomic mass is 16.5. The van der Waals surface area contributed by atoms with Gasteiger partial charge in [0.05, 0.1) is 0 Å². The number of ether oxygens (including phenoxy) is 1. The van der Waals surface area contributed by atoms with Crippen molar-refractivity contribution in [1.82, 2.24) is 10.2 Å². The number of hydrogen-bond donors (Lipinski definition) is 2. The third-order valence-electron chi connectivity index (χ3n) is 6.46. The summed E-state index contributed by atoms with van der Waals surface area (Å²) in [6.07, 6.45) is 0.816. The summed E-state index contributed by atoms with van der Waals surface area (Å²) >= 11 is 0. The van der Waals surface area contributed by atoms with Gasteiger partial charge >= 0.3 is 12.1 Å². The van der Waals surface area contributed by atoms with Crippen molar-refractivity contribution in [3.05, 3.63) is 59.7 Å². The van der Waals surface area contributed by atoms with Crippen LogP contribution in [0.25, 0.3) is 11.1 Å². The Labute approximate surface area is 193 Å². The number of hydrogen-bond acceptors (Lipinski definition) is 4. The number of aliphatic carboxylic acids is 1. The summed E-state index contributed by atoms with van der Waals surface area (Å²) in [7, 11) is 0. The van der Waals surface area contributed by atoms with Crippen LogP contribution < -0.4 is 5.32 Å². The number of carboxylic acid groups (broad SMARTS) is 1. The van der Waals surface area contributed by atoms with E-state index in [-0.39, 0.29) is 24.3 Å². The van der Waals surface area contributed by atoms with Crippen LogP contribution in [-0.4, -0.2) is 53.2 Å². The van der Waals surface area contributed by atoms with Gasteiger partial charge in [-0.2, -0.15) is 0 Å². The van der Waals surface area contributed by atoms with E-state index < -0.39 is 24.1 Å². The molecule has 4 rings (SSSR count). The first kappa shape index (κ1) is 22.8. The van der Waals surface area contributed by atoms with E-state index in [0.717, 1.165) is 22.3 Å². The van der Waals surface area contributed by atoms with Gasteiger partial charge in [-0.05, 0) is 47.4 Å². The second-order valence-electron chi connectivity index (χ2n) is 9.18. The quantitative estimate of drug-likeness (QED) is 0.664. The van der Waals surface area contributed by atoms with Gasteiger partial charge in [-0.1, -0.05) is 62.4 Å². The topological polar surface area (TPSA) is 95.9 Å². The Kier molecular flexibility index (Phi) is 6.67. The molecule has 7 nitrogen and oxygen atoms in total. The number of benzene rings is 2. The van der Waals surface area contributed by atoms with Crippen LogP contribution >= 0.6 is 0 Å². The zero-order valence-corrected chi connectivity index (χ0v) is 19.0. The number of carboxylic acids is 1. The van der Waals surface area contributed by atoms with Gasteiger partial charge in [0, 0.05) is 12.5 Å². The van der Waals surface area contributed by atoms with Crippen LogP contribution in [-0.2, 0) is 14.3 Å². The van der Waals surface area contributed by atoms with E-state index in [1.807, 2.05) is 50.2 Å². The lowest BCUT2D eigenvalue weighted by Gasteiger charge is -2.28. The second-order valence-corrected chi connectivity index (χ2v) is 9.18. The third kappa shape index (κ3) is 4.72. The Morgan fingerprint density at radius 3 is 2.24 bits per heavy atom. The highest BCUT2D eigenvalue weighted by molar-refractivity contribution is 5.89. The number of likely N-dealkylation sites (tertiary alicyclic amines) is 1. The predicted molar refractivity (Wildman–Crippen MR) is 124 cm³/mol. The van der Waals surface area contributed by atoms with Crippen molar-refractivity contribution in [3.8, 4) is 11.1 Å². The fourth-order valence-corrected chi connectivity index (χ4v) is 4.96. The minimum atomic E-state index is -1.01.